The number of benzene rings is 1. The van der Waals surface area contributed by atoms with E-state index in [1.54, 1.807) is 25.3 Å². The third-order valence-electron chi connectivity index (χ3n) is 4.61. The van der Waals surface area contributed by atoms with E-state index in [1.165, 1.54) is 11.3 Å². The fourth-order valence-electron chi connectivity index (χ4n) is 3.03. The van der Waals surface area contributed by atoms with Gasteiger partial charge in [0.1, 0.15) is 35.5 Å². The Morgan fingerprint density at radius 1 is 1.29 bits per heavy atom. The molecule has 1 aromatic heterocycles. The number of aromatic nitrogens is 1. The summed E-state index contributed by atoms with van der Waals surface area (Å²) >= 11 is 1.25. The van der Waals surface area contributed by atoms with Gasteiger partial charge >= 0.3 is 0 Å². The number of carbonyl (C=O) groups excluding carboxylic acids is 1. The van der Waals surface area contributed by atoms with Crippen LogP contribution in [0.2, 0.25) is 0 Å². The highest BCUT2D eigenvalue weighted by Gasteiger charge is 2.45. The molecular weight excluding hydrogens is 388 g/mol. The van der Waals surface area contributed by atoms with E-state index in [4.69, 9.17) is 9.47 Å². The highest BCUT2D eigenvalue weighted by atomic mass is 32.1. The molecule has 0 bridgehead atoms. The normalized spacial score (nSPS) is 27.8. The van der Waals surface area contributed by atoms with Crippen molar-refractivity contribution < 1.29 is 34.7 Å². The van der Waals surface area contributed by atoms with Crippen LogP contribution in [0.5, 0.6) is 0 Å². The summed E-state index contributed by atoms with van der Waals surface area (Å²) in [6.07, 6.45) is -5.54. The monoisotopic (exact) mass is 412 g/mol. The van der Waals surface area contributed by atoms with E-state index in [1.807, 2.05) is 0 Å². The average molecular weight is 412 g/mol. The summed E-state index contributed by atoms with van der Waals surface area (Å²) in [7, 11) is 1.60. The van der Waals surface area contributed by atoms with Gasteiger partial charge in [0.2, 0.25) is 0 Å². The number of nitrogens with one attached hydrogen (secondary N) is 1. The second-order valence-corrected chi connectivity index (χ2v) is 7.65. The molecule has 3 rings (SSSR count). The van der Waals surface area contributed by atoms with Gasteiger partial charge in [-0.3, -0.25) is 4.79 Å². The second kappa shape index (κ2) is 9.23. The molecule has 1 fully saturated rings. The Morgan fingerprint density at radius 3 is 2.79 bits per heavy atom. The number of carbonyl (C=O) groups is 1. The lowest BCUT2D eigenvalue weighted by atomic mass is 9.95. The smallest absolute Gasteiger partial charge is 0.251 e. The number of ether oxygens (including phenoxy) is 2. The van der Waals surface area contributed by atoms with Gasteiger partial charge in [0, 0.05) is 25.8 Å². The number of hydrogen-bond acceptors (Lipinski definition) is 9. The van der Waals surface area contributed by atoms with Crippen LogP contribution in [0.4, 0.5) is 0 Å². The molecule has 1 saturated heterocycles. The second-order valence-electron chi connectivity index (χ2n) is 6.59. The third-order valence-corrected chi connectivity index (χ3v) is 5.71. The van der Waals surface area contributed by atoms with Gasteiger partial charge < -0.3 is 35.2 Å². The van der Waals surface area contributed by atoms with Crippen LogP contribution in [-0.4, -0.2) is 82.6 Å². The Hall–Kier alpha value is -1.66. The van der Waals surface area contributed by atoms with Gasteiger partial charge in [-0.05, 0) is 24.6 Å². The molecule has 10 heteroatoms. The van der Waals surface area contributed by atoms with Crippen LogP contribution in [0.15, 0.2) is 18.2 Å². The van der Waals surface area contributed by atoms with Gasteiger partial charge in [0.15, 0.2) is 0 Å². The van der Waals surface area contributed by atoms with Crippen molar-refractivity contribution in [1.82, 2.24) is 10.3 Å². The maximum atomic E-state index is 12.2. The Kier molecular flexibility index (Phi) is 6.94. The van der Waals surface area contributed by atoms with Crippen LogP contribution in [-0.2, 0) is 9.47 Å². The minimum absolute atomic E-state index is 0.222. The fraction of sp³-hybridized carbons (Fsp3) is 0.556. The number of thiazole rings is 1. The number of methoxy groups -OCH3 is 1. The van der Waals surface area contributed by atoms with Crippen LogP contribution < -0.4 is 5.32 Å². The number of hydrogen-bond donors (Lipinski definition) is 5. The number of aliphatic hydroxyl groups is 4. The molecule has 0 saturated carbocycles. The first-order valence-electron chi connectivity index (χ1n) is 8.94. The Labute approximate surface area is 165 Å². The molecule has 5 N–H and O–H groups in total. The molecule has 0 spiro atoms. The van der Waals surface area contributed by atoms with Crippen molar-refractivity contribution in [3.63, 3.8) is 0 Å². The Bertz CT molecular complexity index is 812. The van der Waals surface area contributed by atoms with Crippen LogP contribution in [0.25, 0.3) is 10.2 Å². The van der Waals surface area contributed by atoms with E-state index < -0.39 is 37.1 Å². The standard InChI is InChI=1S/C18H24N2O7S/c1-26-6-2-5-19-17(25)9-3-4-12-10(7-9)20-18(28-12)16-15(24)14(23)13(22)11(8-21)27-16/h3-4,7,11,13-16,21-24H,2,5-6,8H2,1H3,(H,19,25)/t11-,13+,14+,15-,16-/m1/s1. The van der Waals surface area contributed by atoms with Gasteiger partial charge in [-0.25, -0.2) is 4.98 Å². The third kappa shape index (κ3) is 4.33. The Morgan fingerprint density at radius 2 is 2.07 bits per heavy atom. The highest BCUT2D eigenvalue weighted by Crippen LogP contribution is 2.36. The average Bonchev–Trinajstić information content (AvgIpc) is 3.12. The molecule has 2 aromatic rings. The van der Waals surface area contributed by atoms with Gasteiger partial charge in [-0.2, -0.15) is 0 Å². The molecule has 154 valence electrons. The number of rotatable bonds is 7. The van der Waals surface area contributed by atoms with E-state index in [0.29, 0.717) is 35.7 Å². The molecule has 1 amide bonds. The summed E-state index contributed by atoms with van der Waals surface area (Å²) in [5.74, 6) is -0.222. The Balaban J connectivity index is 1.78. The summed E-state index contributed by atoms with van der Waals surface area (Å²) in [6.45, 7) is 0.561. The number of aliphatic hydroxyl groups excluding tert-OH is 4. The molecule has 1 aromatic carbocycles. The molecule has 1 aliphatic heterocycles. The van der Waals surface area contributed by atoms with Gasteiger partial charge in [0.25, 0.3) is 5.91 Å². The van der Waals surface area contributed by atoms with Crippen molar-refractivity contribution in [3.05, 3.63) is 28.8 Å². The summed E-state index contributed by atoms with van der Waals surface area (Å²) < 4.78 is 11.3. The largest absolute Gasteiger partial charge is 0.394 e. The minimum atomic E-state index is -1.46. The molecule has 1 aliphatic rings. The van der Waals surface area contributed by atoms with Gasteiger partial charge in [0.05, 0.1) is 16.8 Å². The quantitative estimate of drug-likeness (QED) is 0.386. The zero-order valence-corrected chi connectivity index (χ0v) is 16.1. The summed E-state index contributed by atoms with van der Waals surface area (Å²) in [5, 5.41) is 42.6. The zero-order chi connectivity index (χ0) is 20.3. The summed E-state index contributed by atoms with van der Waals surface area (Å²) in [4.78, 5) is 16.7. The van der Waals surface area contributed by atoms with Crippen molar-refractivity contribution in [2.45, 2.75) is 36.9 Å². The van der Waals surface area contributed by atoms with Gasteiger partial charge in [-0.15, -0.1) is 11.3 Å². The van der Waals surface area contributed by atoms with E-state index in [-0.39, 0.29) is 5.91 Å². The topological polar surface area (TPSA) is 141 Å². The molecular formula is C18H24N2O7S. The lowest BCUT2D eigenvalue weighted by Gasteiger charge is -2.39. The predicted molar refractivity (Wildman–Crippen MR) is 101 cm³/mol. The van der Waals surface area contributed by atoms with Crippen LogP contribution in [0.1, 0.15) is 27.9 Å². The fourth-order valence-corrected chi connectivity index (χ4v) is 4.06. The molecule has 9 nitrogen and oxygen atoms in total. The van der Waals surface area contributed by atoms with Crippen LogP contribution in [0.3, 0.4) is 0 Å². The zero-order valence-electron chi connectivity index (χ0n) is 15.3. The SMILES string of the molecule is COCCCNC(=O)c1ccc2sc([C@@H]3O[C@H](CO)[C@H](O)[C@H](O)[C@H]3O)nc2c1. The molecule has 28 heavy (non-hydrogen) atoms. The first-order chi connectivity index (χ1) is 13.5. The van der Waals surface area contributed by atoms with Crippen molar-refractivity contribution in [2.24, 2.45) is 0 Å². The molecule has 0 aliphatic carbocycles. The van der Waals surface area contributed by atoms with Crippen molar-refractivity contribution >= 4 is 27.5 Å². The van der Waals surface area contributed by atoms with E-state index in [2.05, 4.69) is 10.3 Å². The van der Waals surface area contributed by atoms with E-state index in [0.717, 1.165) is 4.70 Å². The van der Waals surface area contributed by atoms with Crippen molar-refractivity contribution in [1.29, 1.82) is 0 Å². The first kappa shape index (κ1) is 21.1. The number of fused-ring (bicyclic) bond motifs is 1. The van der Waals surface area contributed by atoms with E-state index >= 15 is 0 Å². The summed E-state index contributed by atoms with van der Waals surface area (Å²) in [5.41, 5.74) is 1.01. The van der Waals surface area contributed by atoms with Crippen molar-refractivity contribution in [3.8, 4) is 0 Å². The van der Waals surface area contributed by atoms with Crippen molar-refractivity contribution in [2.75, 3.05) is 26.9 Å². The minimum Gasteiger partial charge on any atom is -0.394 e. The number of nitrogens with zero attached hydrogens (tertiary/aromatic N) is 1. The lowest BCUT2D eigenvalue weighted by Crippen LogP contribution is -2.55. The van der Waals surface area contributed by atoms with Gasteiger partial charge in [-0.1, -0.05) is 0 Å². The maximum absolute atomic E-state index is 12.2. The maximum Gasteiger partial charge on any atom is 0.251 e. The molecule has 0 unspecified atom stereocenters. The van der Waals surface area contributed by atoms with Crippen LogP contribution >= 0.6 is 11.3 Å². The number of amides is 1. The summed E-state index contributed by atoms with van der Waals surface area (Å²) in [6, 6.07) is 5.08. The predicted octanol–water partition coefficient (Wildman–Crippen LogP) is -0.423. The molecule has 2 heterocycles. The lowest BCUT2D eigenvalue weighted by molar-refractivity contribution is -0.231. The highest BCUT2D eigenvalue weighted by molar-refractivity contribution is 7.18. The molecule has 0 radical (unpaired) electrons. The van der Waals surface area contributed by atoms with E-state index in [9.17, 15) is 25.2 Å². The first-order valence-corrected chi connectivity index (χ1v) is 9.76. The van der Waals surface area contributed by atoms with Crippen LogP contribution in [0, 0.1) is 0 Å². The molecule has 5 atom stereocenters.